The number of aryl methyl sites for hydroxylation is 1. The number of carbonyl (C=O) groups is 1. The Hall–Kier alpha value is -2.17. The Morgan fingerprint density at radius 2 is 2.12 bits per heavy atom. The standard InChI is InChI=1S/C11H8FNO3/c1-5-2-6(12)3-7-9(11(15)16)8(14)4-13-10(5)7/h2-4,14H,1H3,(H,15,16). The molecule has 5 heteroatoms. The zero-order chi connectivity index (χ0) is 11.9. The van der Waals surface area contributed by atoms with Gasteiger partial charge in [0.05, 0.1) is 11.7 Å². The van der Waals surface area contributed by atoms with Crippen molar-refractivity contribution in [3.63, 3.8) is 0 Å². The number of pyridine rings is 1. The molecule has 0 aliphatic rings. The first-order valence-corrected chi connectivity index (χ1v) is 4.52. The lowest BCUT2D eigenvalue weighted by Gasteiger charge is -2.06. The van der Waals surface area contributed by atoms with Crippen molar-refractivity contribution in [3.05, 3.63) is 35.3 Å². The topological polar surface area (TPSA) is 70.4 Å². The number of carboxylic acid groups (broad SMARTS) is 1. The van der Waals surface area contributed by atoms with Crippen molar-refractivity contribution in [1.82, 2.24) is 4.98 Å². The van der Waals surface area contributed by atoms with Crippen LogP contribution >= 0.6 is 0 Å². The molecule has 0 bridgehead atoms. The van der Waals surface area contributed by atoms with E-state index in [9.17, 15) is 14.3 Å². The number of aromatic hydroxyl groups is 1. The van der Waals surface area contributed by atoms with Crippen molar-refractivity contribution in [3.8, 4) is 5.75 Å². The minimum Gasteiger partial charge on any atom is -0.505 e. The molecule has 0 fully saturated rings. The van der Waals surface area contributed by atoms with Gasteiger partial charge in [-0.1, -0.05) is 0 Å². The summed E-state index contributed by atoms with van der Waals surface area (Å²) in [7, 11) is 0. The van der Waals surface area contributed by atoms with Crippen LogP contribution in [0, 0.1) is 12.7 Å². The Balaban J connectivity index is 2.97. The highest BCUT2D eigenvalue weighted by Gasteiger charge is 2.16. The number of fused-ring (bicyclic) bond motifs is 1. The van der Waals surface area contributed by atoms with Gasteiger partial charge < -0.3 is 10.2 Å². The first-order chi connectivity index (χ1) is 7.50. The molecule has 0 radical (unpaired) electrons. The minimum absolute atomic E-state index is 0.102. The van der Waals surface area contributed by atoms with Gasteiger partial charge in [0.15, 0.2) is 0 Å². The molecule has 0 atom stereocenters. The highest BCUT2D eigenvalue weighted by molar-refractivity contribution is 6.05. The van der Waals surface area contributed by atoms with Crippen molar-refractivity contribution < 1.29 is 19.4 Å². The van der Waals surface area contributed by atoms with Crippen molar-refractivity contribution in [2.75, 3.05) is 0 Å². The molecule has 2 rings (SSSR count). The van der Waals surface area contributed by atoms with Crippen molar-refractivity contribution in [1.29, 1.82) is 0 Å². The number of aromatic carboxylic acids is 1. The lowest BCUT2D eigenvalue weighted by Crippen LogP contribution is -2.00. The predicted molar refractivity (Wildman–Crippen MR) is 55.1 cm³/mol. The maximum Gasteiger partial charge on any atom is 0.340 e. The van der Waals surface area contributed by atoms with E-state index >= 15 is 0 Å². The van der Waals surface area contributed by atoms with E-state index < -0.39 is 17.5 Å². The average Bonchev–Trinajstić information content (AvgIpc) is 2.15. The Labute approximate surface area is 90.0 Å². The fourth-order valence-corrected chi connectivity index (χ4v) is 1.65. The molecule has 0 aliphatic heterocycles. The number of benzene rings is 1. The summed E-state index contributed by atoms with van der Waals surface area (Å²) in [5.41, 5.74) is 0.571. The quantitative estimate of drug-likeness (QED) is 0.773. The molecule has 16 heavy (non-hydrogen) atoms. The maximum absolute atomic E-state index is 13.2. The summed E-state index contributed by atoms with van der Waals surface area (Å²) in [5, 5.41) is 18.4. The third-order valence-corrected chi connectivity index (χ3v) is 2.32. The van der Waals surface area contributed by atoms with E-state index in [0.29, 0.717) is 11.1 Å². The van der Waals surface area contributed by atoms with Crippen molar-refractivity contribution in [2.24, 2.45) is 0 Å². The van der Waals surface area contributed by atoms with Gasteiger partial charge in [-0.3, -0.25) is 4.98 Å². The number of hydrogen-bond donors (Lipinski definition) is 2. The molecule has 1 aromatic carbocycles. The number of carboxylic acids is 1. The van der Waals surface area contributed by atoms with Crippen LogP contribution in [0.15, 0.2) is 18.3 Å². The highest BCUT2D eigenvalue weighted by Crippen LogP contribution is 2.27. The summed E-state index contributed by atoms with van der Waals surface area (Å²) in [6.45, 7) is 1.63. The Morgan fingerprint density at radius 3 is 2.75 bits per heavy atom. The lowest BCUT2D eigenvalue weighted by atomic mass is 10.0. The Bertz CT molecular complexity index is 595. The monoisotopic (exact) mass is 221 g/mol. The van der Waals surface area contributed by atoms with Crippen LogP contribution in [0.1, 0.15) is 15.9 Å². The number of halogens is 1. The van der Waals surface area contributed by atoms with Gasteiger partial charge in [-0.15, -0.1) is 0 Å². The molecule has 0 aliphatic carbocycles. The summed E-state index contributed by atoms with van der Waals surface area (Å²) >= 11 is 0. The van der Waals surface area contributed by atoms with Crippen LogP contribution in [0.5, 0.6) is 5.75 Å². The zero-order valence-corrected chi connectivity index (χ0v) is 8.36. The molecular weight excluding hydrogens is 213 g/mol. The van der Waals surface area contributed by atoms with E-state index in [0.717, 1.165) is 12.3 Å². The van der Waals surface area contributed by atoms with Gasteiger partial charge in [0, 0.05) is 5.39 Å². The molecule has 4 nitrogen and oxygen atoms in total. The van der Waals surface area contributed by atoms with E-state index in [2.05, 4.69) is 4.98 Å². The van der Waals surface area contributed by atoms with Gasteiger partial charge in [0.25, 0.3) is 0 Å². The molecule has 0 saturated carbocycles. The average molecular weight is 221 g/mol. The van der Waals surface area contributed by atoms with E-state index in [1.807, 2.05) is 0 Å². The summed E-state index contributed by atoms with van der Waals surface area (Å²) in [5.74, 6) is -2.33. The number of aromatic nitrogens is 1. The van der Waals surface area contributed by atoms with Crippen LogP contribution in [0.25, 0.3) is 10.9 Å². The van der Waals surface area contributed by atoms with Crippen LogP contribution in [0.4, 0.5) is 4.39 Å². The van der Waals surface area contributed by atoms with Crippen LogP contribution in [-0.2, 0) is 0 Å². The Morgan fingerprint density at radius 1 is 1.44 bits per heavy atom. The molecule has 2 aromatic rings. The van der Waals surface area contributed by atoms with Gasteiger partial charge >= 0.3 is 5.97 Å². The van der Waals surface area contributed by atoms with E-state index in [1.165, 1.54) is 6.07 Å². The minimum atomic E-state index is -1.31. The van der Waals surface area contributed by atoms with Crippen LogP contribution in [0.3, 0.4) is 0 Å². The Kier molecular flexibility index (Phi) is 2.23. The predicted octanol–water partition coefficient (Wildman–Crippen LogP) is 2.09. The second-order valence-corrected chi connectivity index (χ2v) is 3.44. The van der Waals surface area contributed by atoms with E-state index in [1.54, 1.807) is 6.92 Å². The maximum atomic E-state index is 13.2. The SMILES string of the molecule is Cc1cc(F)cc2c(C(=O)O)c(O)cnc12. The van der Waals surface area contributed by atoms with Gasteiger partial charge in [-0.25, -0.2) is 9.18 Å². The molecule has 2 N–H and O–H groups in total. The van der Waals surface area contributed by atoms with Crippen LogP contribution in [0.2, 0.25) is 0 Å². The molecule has 0 spiro atoms. The normalized spacial score (nSPS) is 10.6. The van der Waals surface area contributed by atoms with Gasteiger partial charge in [0.1, 0.15) is 17.1 Å². The molecule has 0 saturated heterocycles. The largest absolute Gasteiger partial charge is 0.505 e. The molecular formula is C11H8FNO3. The van der Waals surface area contributed by atoms with Crippen molar-refractivity contribution in [2.45, 2.75) is 6.92 Å². The third kappa shape index (κ3) is 1.46. The lowest BCUT2D eigenvalue weighted by molar-refractivity contribution is 0.0696. The molecule has 0 unspecified atom stereocenters. The summed E-state index contributed by atoms with van der Waals surface area (Å²) in [4.78, 5) is 14.8. The molecule has 1 aromatic heterocycles. The second-order valence-electron chi connectivity index (χ2n) is 3.44. The smallest absolute Gasteiger partial charge is 0.340 e. The van der Waals surface area contributed by atoms with E-state index in [4.69, 9.17) is 5.11 Å². The zero-order valence-electron chi connectivity index (χ0n) is 8.36. The first kappa shape index (κ1) is 10.4. The summed E-state index contributed by atoms with van der Waals surface area (Å²) in [6, 6.07) is 2.32. The third-order valence-electron chi connectivity index (χ3n) is 2.32. The molecule has 82 valence electrons. The van der Waals surface area contributed by atoms with E-state index in [-0.39, 0.29) is 10.9 Å². The number of nitrogens with zero attached hydrogens (tertiary/aromatic N) is 1. The fraction of sp³-hybridized carbons (Fsp3) is 0.0909. The van der Waals surface area contributed by atoms with Gasteiger partial charge in [-0.05, 0) is 24.6 Å². The van der Waals surface area contributed by atoms with Crippen molar-refractivity contribution >= 4 is 16.9 Å². The van der Waals surface area contributed by atoms with Gasteiger partial charge in [0.2, 0.25) is 0 Å². The first-order valence-electron chi connectivity index (χ1n) is 4.52. The number of rotatable bonds is 1. The summed E-state index contributed by atoms with van der Waals surface area (Å²) < 4.78 is 13.2. The second kappa shape index (κ2) is 3.44. The van der Waals surface area contributed by atoms with Gasteiger partial charge in [-0.2, -0.15) is 0 Å². The molecule has 0 amide bonds. The fourth-order valence-electron chi connectivity index (χ4n) is 1.65. The highest BCUT2D eigenvalue weighted by atomic mass is 19.1. The number of hydrogen-bond acceptors (Lipinski definition) is 3. The molecule has 1 heterocycles. The van der Waals surface area contributed by atoms with Crippen LogP contribution in [-0.4, -0.2) is 21.2 Å². The van der Waals surface area contributed by atoms with Crippen LogP contribution < -0.4 is 0 Å². The summed E-state index contributed by atoms with van der Waals surface area (Å²) in [6.07, 6.45) is 1.05.